The quantitative estimate of drug-likeness (QED) is 0.878. The highest BCUT2D eigenvalue weighted by Crippen LogP contribution is 2.29. The molecule has 1 aliphatic rings. The lowest BCUT2D eigenvalue weighted by Crippen LogP contribution is -2.48. The monoisotopic (exact) mass is 277 g/mol. The highest BCUT2D eigenvalue weighted by molar-refractivity contribution is 5.98. The van der Waals surface area contributed by atoms with Gasteiger partial charge in [-0.3, -0.25) is 4.79 Å². The molecule has 1 fully saturated rings. The molecule has 1 atom stereocenters. The van der Waals surface area contributed by atoms with Gasteiger partial charge in [-0.25, -0.2) is 4.98 Å². The van der Waals surface area contributed by atoms with Crippen LogP contribution in [0.2, 0.25) is 0 Å². The third-order valence-electron chi connectivity index (χ3n) is 4.22. The number of anilines is 1. The van der Waals surface area contributed by atoms with Gasteiger partial charge in [-0.15, -0.1) is 0 Å². The van der Waals surface area contributed by atoms with Crippen molar-refractivity contribution in [3.05, 3.63) is 22.9 Å². The fourth-order valence-corrected chi connectivity index (χ4v) is 2.70. The van der Waals surface area contributed by atoms with Crippen LogP contribution in [0.4, 0.5) is 5.82 Å². The lowest BCUT2D eigenvalue weighted by Gasteiger charge is -2.40. The number of β-amino-alcohol motifs (C(OH)–C–C–N with tert-alkyl or cyclic N) is 1. The van der Waals surface area contributed by atoms with Crippen LogP contribution >= 0.6 is 0 Å². The highest BCUT2D eigenvalue weighted by Gasteiger charge is 2.33. The first-order chi connectivity index (χ1) is 9.36. The minimum absolute atomic E-state index is 0.438. The Hall–Kier alpha value is -1.62. The van der Waals surface area contributed by atoms with Crippen molar-refractivity contribution in [3.8, 4) is 0 Å². The maximum Gasteiger partial charge on any atom is 0.252 e. The molecule has 5 nitrogen and oxygen atoms in total. The molecule has 2 rings (SSSR count). The maximum absolute atomic E-state index is 11.7. The summed E-state index contributed by atoms with van der Waals surface area (Å²) in [6, 6.07) is 1.79. The molecule has 3 N–H and O–H groups in total. The molecule has 1 amide bonds. The molecule has 1 saturated heterocycles. The van der Waals surface area contributed by atoms with E-state index in [0.29, 0.717) is 24.3 Å². The summed E-state index contributed by atoms with van der Waals surface area (Å²) in [7, 11) is 0. The van der Waals surface area contributed by atoms with E-state index < -0.39 is 11.5 Å². The molecule has 0 saturated carbocycles. The predicted octanol–water partition coefficient (Wildman–Crippen LogP) is 1.54. The summed E-state index contributed by atoms with van der Waals surface area (Å²) in [5, 5.41) is 10.5. The number of aromatic nitrogens is 1. The first kappa shape index (κ1) is 14.8. The number of pyridine rings is 1. The van der Waals surface area contributed by atoms with E-state index in [2.05, 4.69) is 4.98 Å². The lowest BCUT2D eigenvalue weighted by atomic mass is 9.90. The second-order valence-corrected chi connectivity index (χ2v) is 5.73. The molecular weight excluding hydrogens is 254 g/mol. The molecule has 0 aliphatic carbocycles. The van der Waals surface area contributed by atoms with Gasteiger partial charge in [0.15, 0.2) is 0 Å². The number of nitrogens with zero attached hydrogens (tertiary/aromatic N) is 2. The summed E-state index contributed by atoms with van der Waals surface area (Å²) in [5.41, 5.74) is 7.04. The first-order valence-corrected chi connectivity index (χ1v) is 7.11. The molecule has 0 aromatic carbocycles. The van der Waals surface area contributed by atoms with E-state index >= 15 is 0 Å². The van der Waals surface area contributed by atoms with E-state index in [4.69, 9.17) is 5.73 Å². The zero-order chi connectivity index (χ0) is 14.9. The average molecular weight is 277 g/mol. The van der Waals surface area contributed by atoms with E-state index in [1.807, 2.05) is 25.7 Å². The Morgan fingerprint density at radius 2 is 2.25 bits per heavy atom. The van der Waals surface area contributed by atoms with Crippen LogP contribution in [0.15, 0.2) is 6.07 Å². The zero-order valence-corrected chi connectivity index (χ0v) is 12.4. The summed E-state index contributed by atoms with van der Waals surface area (Å²) in [4.78, 5) is 18.2. The van der Waals surface area contributed by atoms with Crippen LogP contribution in [0.5, 0.6) is 0 Å². The van der Waals surface area contributed by atoms with Gasteiger partial charge in [-0.2, -0.15) is 0 Å². The number of nitrogens with two attached hydrogens (primary N) is 1. The zero-order valence-electron chi connectivity index (χ0n) is 12.4. The van der Waals surface area contributed by atoms with Gasteiger partial charge in [0.1, 0.15) is 5.82 Å². The van der Waals surface area contributed by atoms with Gasteiger partial charge in [0.05, 0.1) is 11.2 Å². The van der Waals surface area contributed by atoms with Crippen molar-refractivity contribution in [1.29, 1.82) is 0 Å². The highest BCUT2D eigenvalue weighted by atomic mass is 16.3. The van der Waals surface area contributed by atoms with Gasteiger partial charge in [-0.05, 0) is 44.7 Å². The largest absolute Gasteiger partial charge is 0.388 e. The molecule has 0 bridgehead atoms. The van der Waals surface area contributed by atoms with E-state index in [1.54, 1.807) is 6.07 Å². The van der Waals surface area contributed by atoms with Crippen LogP contribution in [0.1, 0.15) is 47.8 Å². The summed E-state index contributed by atoms with van der Waals surface area (Å²) >= 11 is 0. The molecule has 0 radical (unpaired) electrons. The summed E-state index contributed by atoms with van der Waals surface area (Å²) in [6.07, 6.45) is 2.37. The van der Waals surface area contributed by atoms with Crippen molar-refractivity contribution < 1.29 is 9.90 Å². The number of hydrogen-bond acceptors (Lipinski definition) is 4. The first-order valence-electron chi connectivity index (χ1n) is 7.11. The molecule has 0 spiro atoms. The van der Waals surface area contributed by atoms with Gasteiger partial charge < -0.3 is 15.7 Å². The number of aliphatic hydroxyl groups is 1. The number of primary amides is 1. The van der Waals surface area contributed by atoms with E-state index in [-0.39, 0.29) is 0 Å². The van der Waals surface area contributed by atoms with Crippen LogP contribution in [0.3, 0.4) is 0 Å². The van der Waals surface area contributed by atoms with Gasteiger partial charge in [0.2, 0.25) is 0 Å². The van der Waals surface area contributed by atoms with E-state index in [0.717, 1.165) is 30.6 Å². The van der Waals surface area contributed by atoms with Gasteiger partial charge in [-0.1, -0.05) is 6.92 Å². The molecule has 20 heavy (non-hydrogen) atoms. The van der Waals surface area contributed by atoms with Gasteiger partial charge in [0, 0.05) is 18.8 Å². The van der Waals surface area contributed by atoms with E-state index in [9.17, 15) is 9.90 Å². The molecule has 2 heterocycles. The summed E-state index contributed by atoms with van der Waals surface area (Å²) in [6.45, 7) is 7.10. The Bertz CT molecular complexity index is 530. The molecule has 0 unspecified atom stereocenters. The van der Waals surface area contributed by atoms with Crippen LogP contribution < -0.4 is 10.6 Å². The topological polar surface area (TPSA) is 79.4 Å². The normalized spacial score (nSPS) is 22.9. The van der Waals surface area contributed by atoms with Crippen LogP contribution in [-0.4, -0.2) is 34.7 Å². The number of amides is 1. The van der Waals surface area contributed by atoms with Crippen molar-refractivity contribution in [2.24, 2.45) is 5.73 Å². The predicted molar refractivity (Wildman–Crippen MR) is 78.9 cm³/mol. The SMILES string of the molecule is CC[C@]1(O)CCCN(c2nc(C)c(C)cc2C(N)=O)C1. The number of rotatable bonds is 3. The molecule has 1 aromatic heterocycles. The van der Waals surface area contributed by atoms with Crippen molar-refractivity contribution in [2.45, 2.75) is 45.6 Å². The van der Waals surface area contributed by atoms with Crippen molar-refractivity contribution in [2.75, 3.05) is 18.0 Å². The van der Waals surface area contributed by atoms with Crippen molar-refractivity contribution >= 4 is 11.7 Å². The third kappa shape index (κ3) is 2.77. The fraction of sp³-hybridized carbons (Fsp3) is 0.600. The van der Waals surface area contributed by atoms with Crippen molar-refractivity contribution in [3.63, 3.8) is 0 Å². The number of piperidine rings is 1. The Morgan fingerprint density at radius 1 is 1.55 bits per heavy atom. The van der Waals surface area contributed by atoms with Crippen LogP contribution in [-0.2, 0) is 0 Å². The Labute approximate surface area is 119 Å². The van der Waals surface area contributed by atoms with Crippen LogP contribution in [0, 0.1) is 13.8 Å². The van der Waals surface area contributed by atoms with Gasteiger partial charge in [0.25, 0.3) is 5.91 Å². The molecular formula is C15H23N3O2. The fourth-order valence-electron chi connectivity index (χ4n) is 2.70. The smallest absolute Gasteiger partial charge is 0.252 e. The molecule has 110 valence electrons. The van der Waals surface area contributed by atoms with Gasteiger partial charge >= 0.3 is 0 Å². The second kappa shape index (κ2) is 5.40. The standard InChI is InChI=1S/C15H23N3O2/c1-4-15(20)6-5-7-18(9-15)14-12(13(16)19)8-10(2)11(3)17-14/h8,20H,4-7,9H2,1-3H3,(H2,16,19)/t15-/m0/s1. The third-order valence-corrected chi connectivity index (χ3v) is 4.22. The Morgan fingerprint density at radius 3 is 2.85 bits per heavy atom. The minimum atomic E-state index is -0.701. The van der Waals surface area contributed by atoms with Crippen LogP contribution in [0.25, 0.3) is 0 Å². The average Bonchev–Trinajstić information content (AvgIpc) is 2.41. The number of carbonyl (C=O) groups is 1. The van der Waals surface area contributed by atoms with Crippen molar-refractivity contribution in [1.82, 2.24) is 4.98 Å². The minimum Gasteiger partial charge on any atom is -0.388 e. The molecule has 5 heteroatoms. The maximum atomic E-state index is 11.7. The second-order valence-electron chi connectivity index (χ2n) is 5.73. The number of aryl methyl sites for hydroxylation is 2. The Kier molecular flexibility index (Phi) is 3.99. The molecule has 1 aliphatic heterocycles. The Balaban J connectivity index is 2.41. The number of carbonyl (C=O) groups excluding carboxylic acids is 1. The summed E-state index contributed by atoms with van der Waals surface area (Å²) < 4.78 is 0. The lowest BCUT2D eigenvalue weighted by molar-refractivity contribution is 0.0220. The van der Waals surface area contributed by atoms with E-state index in [1.165, 1.54) is 0 Å². The molecule has 1 aromatic rings. The summed E-state index contributed by atoms with van der Waals surface area (Å²) in [5.74, 6) is 0.133. The number of hydrogen-bond donors (Lipinski definition) is 2.